The number of methoxy groups -OCH3 is 1. The van der Waals surface area contributed by atoms with Gasteiger partial charge in [0, 0.05) is 36.5 Å². The summed E-state index contributed by atoms with van der Waals surface area (Å²) in [6, 6.07) is 4.31. The fourth-order valence-corrected chi connectivity index (χ4v) is 6.34. The number of aryl methyl sites for hydroxylation is 1. The molecule has 2 bridgehead atoms. The zero-order valence-corrected chi connectivity index (χ0v) is 20.8. The molecule has 1 saturated heterocycles. The number of hydrogen-bond donors (Lipinski definition) is 0. The van der Waals surface area contributed by atoms with Gasteiger partial charge in [0.25, 0.3) is 5.91 Å². The number of hydrogen-bond acceptors (Lipinski definition) is 4. The van der Waals surface area contributed by atoms with Gasteiger partial charge in [-0.1, -0.05) is 19.6 Å². The largest absolute Gasteiger partial charge is 0.494 e. The van der Waals surface area contributed by atoms with Crippen LogP contribution in [0, 0.1) is 24.7 Å². The first-order chi connectivity index (χ1) is 16.9. The maximum Gasteiger partial charge on any atom is 0.255 e. The summed E-state index contributed by atoms with van der Waals surface area (Å²) in [5.41, 5.74) is 5.32. The van der Waals surface area contributed by atoms with Gasteiger partial charge in [0.15, 0.2) is 0 Å². The molecule has 3 unspecified atom stereocenters. The van der Waals surface area contributed by atoms with Crippen LogP contribution < -0.4 is 4.74 Å². The summed E-state index contributed by atoms with van der Waals surface area (Å²) in [6.07, 6.45) is 8.49. The highest BCUT2D eigenvalue weighted by molar-refractivity contribution is 5.96. The smallest absolute Gasteiger partial charge is 0.255 e. The summed E-state index contributed by atoms with van der Waals surface area (Å²) in [5, 5.41) is 4.98. The van der Waals surface area contributed by atoms with Crippen LogP contribution in [-0.2, 0) is 6.54 Å². The van der Waals surface area contributed by atoms with Gasteiger partial charge in [-0.15, -0.1) is 0 Å². The van der Waals surface area contributed by atoms with Crippen molar-refractivity contribution in [3.05, 3.63) is 41.6 Å². The van der Waals surface area contributed by atoms with Crippen molar-refractivity contribution in [3.8, 4) is 17.1 Å². The van der Waals surface area contributed by atoms with Crippen LogP contribution in [0.25, 0.3) is 23.0 Å². The fraction of sp³-hybridized carbons (Fsp3) is 0.464. The Hall–Kier alpha value is -3.35. The van der Waals surface area contributed by atoms with Crippen molar-refractivity contribution in [1.29, 1.82) is 0 Å². The van der Waals surface area contributed by atoms with Crippen molar-refractivity contribution < 1.29 is 9.53 Å². The maximum atomic E-state index is 13.6. The minimum Gasteiger partial charge on any atom is -0.494 e. The molecule has 35 heavy (non-hydrogen) atoms. The second kappa shape index (κ2) is 8.11. The molecule has 0 N–H and O–H groups in total. The summed E-state index contributed by atoms with van der Waals surface area (Å²) in [5.74, 6) is 3.43. The topological polar surface area (TPSA) is 64.1 Å². The number of carbonyl (C=O) groups is 1. The predicted octanol–water partition coefficient (Wildman–Crippen LogP) is 5.38. The fourth-order valence-electron chi connectivity index (χ4n) is 6.34. The molecule has 7 heteroatoms. The molecule has 0 aromatic carbocycles. The highest BCUT2D eigenvalue weighted by Gasteiger charge is 2.46. The van der Waals surface area contributed by atoms with Gasteiger partial charge >= 0.3 is 0 Å². The van der Waals surface area contributed by atoms with Gasteiger partial charge in [0.1, 0.15) is 22.8 Å². The van der Waals surface area contributed by atoms with E-state index in [2.05, 4.69) is 47.7 Å². The van der Waals surface area contributed by atoms with Gasteiger partial charge in [0.05, 0.1) is 18.4 Å². The molecule has 3 fully saturated rings. The quantitative estimate of drug-likeness (QED) is 0.435. The Bertz CT molecular complexity index is 1360. The van der Waals surface area contributed by atoms with Crippen LogP contribution in [0.2, 0.25) is 0 Å². The summed E-state index contributed by atoms with van der Waals surface area (Å²) < 4.78 is 9.82. The molecular weight excluding hydrogens is 438 g/mol. The van der Waals surface area contributed by atoms with Gasteiger partial charge in [-0.25, -0.2) is 9.51 Å². The van der Waals surface area contributed by atoms with Crippen molar-refractivity contribution in [2.45, 2.75) is 52.1 Å². The first kappa shape index (κ1) is 22.1. The molecule has 3 aromatic heterocycles. The Kier molecular flexibility index (Phi) is 5.13. The number of likely N-dealkylation sites (tertiary alicyclic amines) is 1. The Morgan fingerprint density at radius 1 is 1.29 bits per heavy atom. The third-order valence-electron chi connectivity index (χ3n) is 8.52. The molecule has 1 amide bonds. The van der Waals surface area contributed by atoms with E-state index in [1.807, 2.05) is 22.9 Å². The number of amides is 1. The molecule has 7 nitrogen and oxygen atoms in total. The summed E-state index contributed by atoms with van der Waals surface area (Å²) in [4.78, 5) is 19.9. The number of piperidine rings is 1. The third-order valence-corrected chi connectivity index (χ3v) is 8.52. The highest BCUT2D eigenvalue weighted by atomic mass is 16.5. The monoisotopic (exact) mass is 471 g/mol. The van der Waals surface area contributed by atoms with Crippen molar-refractivity contribution in [2.24, 2.45) is 22.7 Å². The van der Waals surface area contributed by atoms with Gasteiger partial charge in [-0.3, -0.25) is 4.79 Å². The number of fused-ring (bicyclic) bond motifs is 3. The van der Waals surface area contributed by atoms with E-state index in [0.717, 1.165) is 53.4 Å². The number of ether oxygens (including phenoxy) is 1. The van der Waals surface area contributed by atoms with Crippen LogP contribution in [0.3, 0.4) is 0 Å². The SMILES string of the molecule is C=Cc1cc(-c2nn3cc(C(=O)N4CC5CCC4C5C)cc(OC)c3c2C)n(CC2CC2)c1N=C. The summed E-state index contributed by atoms with van der Waals surface area (Å²) >= 11 is 0. The Morgan fingerprint density at radius 2 is 2.09 bits per heavy atom. The number of nitrogens with zero attached hydrogens (tertiary/aromatic N) is 5. The Morgan fingerprint density at radius 3 is 2.69 bits per heavy atom. The normalized spacial score (nSPS) is 23.3. The number of aliphatic imine (C=N–C) groups is 1. The molecule has 0 radical (unpaired) electrons. The van der Waals surface area contributed by atoms with E-state index >= 15 is 0 Å². The Balaban J connectivity index is 1.46. The van der Waals surface area contributed by atoms with E-state index < -0.39 is 0 Å². The third kappa shape index (κ3) is 3.35. The second-order valence-corrected chi connectivity index (χ2v) is 10.5. The lowest BCUT2D eigenvalue weighted by atomic mass is 10.0. The summed E-state index contributed by atoms with van der Waals surface area (Å²) in [6.45, 7) is 13.9. The lowest BCUT2D eigenvalue weighted by molar-refractivity contribution is 0.0695. The molecule has 3 aromatic rings. The van der Waals surface area contributed by atoms with E-state index in [0.29, 0.717) is 35.1 Å². The number of pyridine rings is 1. The van der Waals surface area contributed by atoms with Crippen LogP contribution in [0.4, 0.5) is 5.82 Å². The number of carbonyl (C=O) groups excluding carboxylic acids is 1. The van der Waals surface area contributed by atoms with Crippen molar-refractivity contribution in [1.82, 2.24) is 19.1 Å². The minimum atomic E-state index is 0.0724. The average Bonchev–Trinajstić information content (AvgIpc) is 3.27. The average molecular weight is 472 g/mol. The van der Waals surface area contributed by atoms with Crippen molar-refractivity contribution in [2.75, 3.05) is 13.7 Å². The molecule has 6 rings (SSSR count). The summed E-state index contributed by atoms with van der Waals surface area (Å²) in [7, 11) is 1.65. The van der Waals surface area contributed by atoms with Crippen LogP contribution in [0.5, 0.6) is 5.75 Å². The molecule has 182 valence electrons. The van der Waals surface area contributed by atoms with E-state index in [9.17, 15) is 4.79 Å². The lowest BCUT2D eigenvalue weighted by Gasteiger charge is -2.27. The first-order valence-corrected chi connectivity index (χ1v) is 12.7. The van der Waals surface area contributed by atoms with E-state index in [1.54, 1.807) is 7.11 Å². The molecule has 3 aliphatic rings. The molecule has 2 aliphatic carbocycles. The van der Waals surface area contributed by atoms with Gasteiger partial charge in [-0.05, 0) is 69.2 Å². The zero-order chi connectivity index (χ0) is 24.4. The highest BCUT2D eigenvalue weighted by Crippen LogP contribution is 2.44. The molecule has 4 heterocycles. The molecular formula is C28H33N5O2. The molecule has 1 aliphatic heterocycles. The van der Waals surface area contributed by atoms with Crippen LogP contribution >= 0.6 is 0 Å². The molecule has 2 saturated carbocycles. The standard InChI is InChI=1S/C28H33N5O2/c1-6-19-11-23(31(27(19)29-4)13-18-7-8-18)25-17(3)26-24(35-5)12-21(15-33(26)30-25)28(34)32-14-20-9-10-22(32)16(20)2/h6,11-12,15-16,18,20,22H,1,4,7-10,13-14H2,2-3,5H3. The van der Waals surface area contributed by atoms with E-state index in [4.69, 9.17) is 9.84 Å². The molecule has 0 spiro atoms. The number of rotatable bonds is 7. The van der Waals surface area contributed by atoms with Crippen LogP contribution in [0.1, 0.15) is 54.1 Å². The maximum absolute atomic E-state index is 13.6. The van der Waals surface area contributed by atoms with Crippen LogP contribution in [-0.4, -0.2) is 51.4 Å². The van der Waals surface area contributed by atoms with Gasteiger partial charge < -0.3 is 14.2 Å². The lowest BCUT2D eigenvalue weighted by Crippen LogP contribution is -2.38. The zero-order valence-electron chi connectivity index (χ0n) is 20.8. The van der Waals surface area contributed by atoms with E-state index in [-0.39, 0.29) is 5.91 Å². The second-order valence-electron chi connectivity index (χ2n) is 10.5. The van der Waals surface area contributed by atoms with Crippen LogP contribution in [0.15, 0.2) is 29.9 Å². The first-order valence-electron chi connectivity index (χ1n) is 12.7. The Labute approximate surface area is 206 Å². The van der Waals surface area contributed by atoms with Crippen molar-refractivity contribution in [3.63, 3.8) is 0 Å². The van der Waals surface area contributed by atoms with Crippen molar-refractivity contribution >= 4 is 30.0 Å². The number of aromatic nitrogens is 3. The minimum absolute atomic E-state index is 0.0724. The van der Waals surface area contributed by atoms with Gasteiger partial charge in [0.2, 0.25) is 0 Å². The van der Waals surface area contributed by atoms with E-state index in [1.165, 1.54) is 19.3 Å². The van der Waals surface area contributed by atoms with Gasteiger partial charge in [-0.2, -0.15) is 5.10 Å². The predicted molar refractivity (Wildman–Crippen MR) is 139 cm³/mol. The molecule has 3 atom stereocenters.